The smallest absolute Gasteiger partial charge is 0.303 e. The van der Waals surface area contributed by atoms with Gasteiger partial charge in [0.2, 0.25) is 11.8 Å². The van der Waals surface area contributed by atoms with Crippen molar-refractivity contribution in [1.29, 1.82) is 0 Å². The topological polar surface area (TPSA) is 106 Å². The number of nitrogens with zero attached hydrogens (tertiary/aromatic N) is 1. The van der Waals surface area contributed by atoms with Gasteiger partial charge in [0.25, 0.3) is 0 Å². The predicted octanol–water partition coefficient (Wildman–Crippen LogP) is 2.80. The molecule has 2 heterocycles. The van der Waals surface area contributed by atoms with E-state index < -0.39 is 18.1 Å². The molecule has 8 nitrogen and oxygen atoms in total. The number of ether oxygens (including phenoxy) is 3. The third-order valence-corrected chi connectivity index (χ3v) is 6.11. The molecule has 4 rings (SSSR count). The van der Waals surface area contributed by atoms with Crippen LogP contribution < -0.4 is 5.32 Å². The van der Waals surface area contributed by atoms with E-state index in [1.165, 1.54) is 0 Å². The van der Waals surface area contributed by atoms with E-state index in [-0.39, 0.29) is 31.8 Å². The minimum Gasteiger partial charge on any atom is -0.481 e. The van der Waals surface area contributed by atoms with Crippen LogP contribution in [-0.2, 0) is 43.1 Å². The van der Waals surface area contributed by atoms with Gasteiger partial charge in [-0.15, -0.1) is 0 Å². The van der Waals surface area contributed by atoms with Gasteiger partial charge >= 0.3 is 5.97 Å². The summed E-state index contributed by atoms with van der Waals surface area (Å²) in [5.74, 6) is -0.666. The Morgan fingerprint density at radius 1 is 1.06 bits per heavy atom. The fourth-order valence-corrected chi connectivity index (χ4v) is 4.16. The highest BCUT2D eigenvalue weighted by molar-refractivity contribution is 6.30. The molecule has 2 aromatic carbocycles. The minimum absolute atomic E-state index is 0.0626. The van der Waals surface area contributed by atoms with Crippen molar-refractivity contribution in [1.82, 2.24) is 5.32 Å². The van der Waals surface area contributed by atoms with Gasteiger partial charge in [-0.05, 0) is 41.7 Å². The Hall–Kier alpha value is -2.94. The van der Waals surface area contributed by atoms with Crippen LogP contribution in [0, 0.1) is 0 Å². The molecule has 0 aliphatic carbocycles. The molecule has 0 saturated carbocycles. The standard InChI is InChI=1S/C25H27ClN2O6/c26-19-8-5-16(6-9-19)11-12-27-24(31)20-14-32-25(28-20)23-21(33-15-34-23)13-18-4-2-1-3-17(18)7-10-22(29)30/h1-6,8-9,20-21,23H,7,10-15H2,(H,27,31)(H,29,30). The first-order valence-electron chi connectivity index (χ1n) is 11.2. The molecule has 3 atom stereocenters. The number of hydrogen-bond acceptors (Lipinski definition) is 6. The number of halogens is 1. The van der Waals surface area contributed by atoms with Gasteiger partial charge < -0.3 is 24.6 Å². The van der Waals surface area contributed by atoms with E-state index in [1.807, 2.05) is 48.5 Å². The summed E-state index contributed by atoms with van der Waals surface area (Å²) < 4.78 is 17.2. The number of carboxylic acid groups (broad SMARTS) is 1. The summed E-state index contributed by atoms with van der Waals surface area (Å²) in [4.78, 5) is 28.0. The first-order valence-corrected chi connectivity index (χ1v) is 11.6. The summed E-state index contributed by atoms with van der Waals surface area (Å²) in [6.07, 6.45) is 0.874. The number of benzene rings is 2. The fourth-order valence-electron chi connectivity index (χ4n) is 4.03. The van der Waals surface area contributed by atoms with Crippen LogP contribution in [-0.4, -0.2) is 61.1 Å². The lowest BCUT2D eigenvalue weighted by Crippen LogP contribution is -2.35. The van der Waals surface area contributed by atoms with E-state index in [1.54, 1.807) is 0 Å². The monoisotopic (exact) mass is 486 g/mol. The second kappa shape index (κ2) is 11.5. The summed E-state index contributed by atoms with van der Waals surface area (Å²) >= 11 is 5.90. The maximum Gasteiger partial charge on any atom is 0.303 e. The Kier molecular flexibility index (Phi) is 8.16. The molecule has 1 amide bonds. The van der Waals surface area contributed by atoms with Crippen molar-refractivity contribution in [3.05, 3.63) is 70.2 Å². The van der Waals surface area contributed by atoms with Crippen LogP contribution >= 0.6 is 11.6 Å². The fraction of sp³-hybridized carbons (Fsp3) is 0.400. The Balaban J connectivity index is 1.32. The van der Waals surface area contributed by atoms with E-state index in [0.29, 0.717) is 36.7 Å². The zero-order chi connectivity index (χ0) is 23.9. The zero-order valence-electron chi connectivity index (χ0n) is 18.6. The predicted molar refractivity (Wildman–Crippen MR) is 126 cm³/mol. The lowest BCUT2D eigenvalue weighted by molar-refractivity contribution is -0.137. The quantitative estimate of drug-likeness (QED) is 0.535. The molecule has 3 unspecified atom stereocenters. The normalized spacial score (nSPS) is 21.7. The number of nitrogens with one attached hydrogen (secondary N) is 1. The van der Waals surface area contributed by atoms with Crippen LogP contribution in [0.2, 0.25) is 5.02 Å². The summed E-state index contributed by atoms with van der Waals surface area (Å²) in [5, 5.41) is 12.6. The van der Waals surface area contributed by atoms with Gasteiger partial charge in [-0.2, -0.15) is 0 Å². The maximum atomic E-state index is 12.6. The van der Waals surface area contributed by atoms with E-state index in [4.69, 9.17) is 30.9 Å². The summed E-state index contributed by atoms with van der Waals surface area (Å²) in [6.45, 7) is 0.747. The van der Waals surface area contributed by atoms with Crippen molar-refractivity contribution in [3.63, 3.8) is 0 Å². The third kappa shape index (κ3) is 6.34. The van der Waals surface area contributed by atoms with Crippen LogP contribution in [0.15, 0.2) is 53.5 Å². The number of hydrogen-bond donors (Lipinski definition) is 2. The Morgan fingerprint density at radius 3 is 2.59 bits per heavy atom. The van der Waals surface area contributed by atoms with Crippen LogP contribution in [0.1, 0.15) is 23.1 Å². The molecule has 34 heavy (non-hydrogen) atoms. The number of aliphatic imine (C=N–C) groups is 1. The van der Waals surface area contributed by atoms with Crippen molar-refractivity contribution in [3.8, 4) is 0 Å². The van der Waals surface area contributed by atoms with Gasteiger partial charge in [-0.25, -0.2) is 4.99 Å². The van der Waals surface area contributed by atoms with Gasteiger partial charge in [0, 0.05) is 24.4 Å². The highest BCUT2D eigenvalue weighted by Gasteiger charge is 2.39. The Bertz CT molecular complexity index is 1040. The average molecular weight is 487 g/mol. The molecule has 1 saturated heterocycles. The lowest BCUT2D eigenvalue weighted by atomic mass is 9.96. The molecule has 2 aliphatic rings. The molecule has 2 aromatic rings. The molecule has 2 aliphatic heterocycles. The van der Waals surface area contributed by atoms with Crippen LogP contribution in [0.5, 0.6) is 0 Å². The lowest BCUT2D eigenvalue weighted by Gasteiger charge is -2.18. The second-order valence-corrected chi connectivity index (χ2v) is 8.67. The minimum atomic E-state index is -0.834. The molecule has 0 bridgehead atoms. The third-order valence-electron chi connectivity index (χ3n) is 5.86. The molecule has 1 fully saturated rings. The number of carbonyl (C=O) groups is 2. The highest BCUT2D eigenvalue weighted by atomic mass is 35.5. The Morgan fingerprint density at radius 2 is 1.82 bits per heavy atom. The summed E-state index contributed by atoms with van der Waals surface area (Å²) in [7, 11) is 0. The van der Waals surface area contributed by atoms with Crippen molar-refractivity contribution in [2.75, 3.05) is 19.9 Å². The van der Waals surface area contributed by atoms with Gasteiger partial charge in [0.15, 0.2) is 12.1 Å². The average Bonchev–Trinajstić information content (AvgIpc) is 3.49. The first-order chi connectivity index (χ1) is 16.5. The molecule has 0 aromatic heterocycles. The van der Waals surface area contributed by atoms with Gasteiger partial charge in [0.1, 0.15) is 13.4 Å². The van der Waals surface area contributed by atoms with Crippen LogP contribution in [0.25, 0.3) is 0 Å². The first kappa shape index (κ1) is 24.2. The molecular formula is C25H27ClN2O6. The van der Waals surface area contributed by atoms with Crippen molar-refractivity contribution >= 4 is 29.4 Å². The van der Waals surface area contributed by atoms with E-state index >= 15 is 0 Å². The number of aryl methyl sites for hydroxylation is 1. The van der Waals surface area contributed by atoms with Crippen LogP contribution in [0.4, 0.5) is 0 Å². The summed E-state index contributed by atoms with van der Waals surface area (Å²) in [5.41, 5.74) is 3.05. The summed E-state index contributed by atoms with van der Waals surface area (Å²) in [6, 6.07) is 14.6. The molecule has 0 spiro atoms. The van der Waals surface area contributed by atoms with E-state index in [9.17, 15) is 9.59 Å². The molecule has 2 N–H and O–H groups in total. The number of carbonyl (C=O) groups excluding carboxylic acids is 1. The Labute approximate surface area is 202 Å². The van der Waals surface area contributed by atoms with Gasteiger partial charge in [0.05, 0.1) is 6.10 Å². The molecule has 9 heteroatoms. The molecule has 180 valence electrons. The number of rotatable bonds is 10. The highest BCUT2D eigenvalue weighted by Crippen LogP contribution is 2.24. The van der Waals surface area contributed by atoms with Gasteiger partial charge in [-0.1, -0.05) is 48.0 Å². The number of carboxylic acids is 1. The van der Waals surface area contributed by atoms with E-state index in [2.05, 4.69) is 10.3 Å². The molecular weight excluding hydrogens is 460 g/mol. The number of amides is 1. The SMILES string of the molecule is O=C(O)CCc1ccccc1CC1OCOC1C1=NC(C(=O)NCCc2ccc(Cl)cc2)CO1. The molecule has 0 radical (unpaired) electrons. The van der Waals surface area contributed by atoms with Crippen molar-refractivity contribution < 1.29 is 28.9 Å². The van der Waals surface area contributed by atoms with Crippen LogP contribution in [0.3, 0.4) is 0 Å². The van der Waals surface area contributed by atoms with Gasteiger partial charge in [-0.3, -0.25) is 9.59 Å². The number of aliphatic carboxylic acids is 1. The largest absolute Gasteiger partial charge is 0.481 e. The van der Waals surface area contributed by atoms with Crippen molar-refractivity contribution in [2.45, 2.75) is 43.9 Å². The zero-order valence-corrected chi connectivity index (χ0v) is 19.4. The maximum absolute atomic E-state index is 12.6. The van der Waals surface area contributed by atoms with Crippen molar-refractivity contribution in [2.24, 2.45) is 4.99 Å². The second-order valence-electron chi connectivity index (χ2n) is 8.24. The van der Waals surface area contributed by atoms with E-state index in [0.717, 1.165) is 16.7 Å².